The van der Waals surface area contributed by atoms with Crippen LogP contribution in [0.15, 0.2) is 59.5 Å². The number of anilines is 2. The van der Waals surface area contributed by atoms with Crippen molar-refractivity contribution in [3.8, 4) is 22.3 Å². The molecule has 0 atom stereocenters. The predicted octanol–water partition coefficient (Wildman–Crippen LogP) is 5.18. The first-order valence-electron chi connectivity index (χ1n) is 10.3. The Morgan fingerprint density at radius 2 is 1.36 bits per heavy atom. The Kier molecular flexibility index (Phi) is 8.03. The van der Waals surface area contributed by atoms with E-state index in [9.17, 15) is 4.79 Å². The first-order valence-corrected chi connectivity index (χ1v) is 11.1. The number of aromatic nitrogens is 4. The summed E-state index contributed by atoms with van der Waals surface area (Å²) in [6.07, 6.45) is 3.22. The summed E-state index contributed by atoms with van der Waals surface area (Å²) >= 11 is 11.7. The van der Waals surface area contributed by atoms with Gasteiger partial charge in [0.15, 0.2) is 0 Å². The van der Waals surface area contributed by atoms with Crippen molar-refractivity contribution in [2.75, 3.05) is 11.5 Å². The highest BCUT2D eigenvalue weighted by molar-refractivity contribution is 6.30. The van der Waals surface area contributed by atoms with Crippen LogP contribution in [-0.4, -0.2) is 19.9 Å². The van der Waals surface area contributed by atoms with Gasteiger partial charge in [-0.2, -0.15) is 0 Å². The number of aryl methyl sites for hydroxylation is 2. The maximum atomic E-state index is 11.9. The minimum atomic E-state index is -0.225. The molecule has 0 radical (unpaired) electrons. The molecule has 9 heteroatoms. The van der Waals surface area contributed by atoms with Crippen LogP contribution in [0.25, 0.3) is 22.3 Å². The van der Waals surface area contributed by atoms with E-state index in [1.165, 1.54) is 0 Å². The molecular formula is C24H24Cl2N6O. The molecule has 4 rings (SSSR count). The van der Waals surface area contributed by atoms with Crippen LogP contribution in [0.4, 0.5) is 11.9 Å². The Morgan fingerprint density at radius 3 is 1.91 bits per heavy atom. The van der Waals surface area contributed by atoms with Gasteiger partial charge in [-0.15, -0.1) is 0 Å². The standard InChI is InChI=1S/C12H12ClN3O.C12H12ClN3/c1-2-9-10(11(17)16-12(14)15-9)7-3-5-8(13)6-4-7;1-2-11-10(7-15-12(14)16-11)8-3-5-9(13)6-4-8/h3-6H,2H2,1H3,(H3,14,15,16,17);3-7H,2H2,1H3,(H2,14,15,16). The van der Waals surface area contributed by atoms with E-state index in [0.717, 1.165) is 33.8 Å². The van der Waals surface area contributed by atoms with Crippen molar-refractivity contribution in [3.05, 3.63) is 86.5 Å². The third-order valence-electron chi connectivity index (χ3n) is 4.86. The second-order valence-corrected chi connectivity index (χ2v) is 7.96. The van der Waals surface area contributed by atoms with Gasteiger partial charge in [-0.1, -0.05) is 61.3 Å². The zero-order valence-corrected chi connectivity index (χ0v) is 19.8. The van der Waals surface area contributed by atoms with Crippen LogP contribution in [0, 0.1) is 0 Å². The van der Waals surface area contributed by atoms with Gasteiger partial charge in [-0.05, 0) is 48.2 Å². The summed E-state index contributed by atoms with van der Waals surface area (Å²) in [5.74, 6) is 0.458. The highest BCUT2D eigenvalue weighted by Crippen LogP contribution is 2.24. The number of nitrogens with two attached hydrogens (primary N) is 2. The topological polar surface area (TPSA) is 124 Å². The van der Waals surface area contributed by atoms with Crippen LogP contribution in [0.3, 0.4) is 0 Å². The fourth-order valence-electron chi connectivity index (χ4n) is 3.28. The maximum Gasteiger partial charge on any atom is 0.260 e. The number of aromatic amines is 1. The predicted molar refractivity (Wildman–Crippen MR) is 135 cm³/mol. The van der Waals surface area contributed by atoms with Crippen LogP contribution in [0.2, 0.25) is 10.0 Å². The largest absolute Gasteiger partial charge is 0.369 e. The average molecular weight is 483 g/mol. The molecule has 33 heavy (non-hydrogen) atoms. The molecule has 0 amide bonds. The lowest BCUT2D eigenvalue weighted by atomic mass is 10.0. The molecule has 0 saturated carbocycles. The Labute approximate surface area is 201 Å². The van der Waals surface area contributed by atoms with Crippen LogP contribution in [0.5, 0.6) is 0 Å². The second-order valence-electron chi connectivity index (χ2n) is 7.08. The number of hydrogen-bond donors (Lipinski definition) is 3. The molecular weight excluding hydrogens is 459 g/mol. The molecule has 4 aromatic rings. The quantitative estimate of drug-likeness (QED) is 0.368. The monoisotopic (exact) mass is 482 g/mol. The molecule has 2 aromatic carbocycles. The van der Waals surface area contributed by atoms with Gasteiger partial charge in [0.2, 0.25) is 11.9 Å². The van der Waals surface area contributed by atoms with Gasteiger partial charge in [-0.25, -0.2) is 15.0 Å². The third-order valence-corrected chi connectivity index (χ3v) is 5.36. The molecule has 0 aliphatic carbocycles. The lowest BCUT2D eigenvalue weighted by Gasteiger charge is -2.07. The number of benzene rings is 2. The summed E-state index contributed by atoms with van der Waals surface area (Å²) in [4.78, 5) is 26.8. The summed E-state index contributed by atoms with van der Waals surface area (Å²) in [6, 6.07) is 14.7. The lowest BCUT2D eigenvalue weighted by molar-refractivity contribution is 0.996. The fourth-order valence-corrected chi connectivity index (χ4v) is 3.53. The number of H-pyrrole nitrogens is 1. The van der Waals surface area contributed by atoms with Gasteiger partial charge in [0.05, 0.1) is 17.0 Å². The molecule has 0 aliphatic rings. The van der Waals surface area contributed by atoms with Crippen molar-refractivity contribution >= 4 is 35.1 Å². The molecule has 7 nitrogen and oxygen atoms in total. The van der Waals surface area contributed by atoms with E-state index in [0.29, 0.717) is 28.6 Å². The maximum absolute atomic E-state index is 11.9. The van der Waals surface area contributed by atoms with Crippen molar-refractivity contribution in [1.82, 2.24) is 19.9 Å². The number of halogens is 2. The first kappa shape index (κ1) is 24.2. The number of nitrogens with one attached hydrogen (secondary N) is 1. The average Bonchev–Trinajstić information content (AvgIpc) is 2.80. The highest BCUT2D eigenvalue weighted by atomic mass is 35.5. The van der Waals surface area contributed by atoms with Crippen LogP contribution < -0.4 is 17.0 Å². The van der Waals surface area contributed by atoms with Crippen molar-refractivity contribution in [2.24, 2.45) is 0 Å². The third kappa shape index (κ3) is 6.09. The molecule has 0 aliphatic heterocycles. The summed E-state index contributed by atoms with van der Waals surface area (Å²) in [5.41, 5.74) is 15.9. The minimum Gasteiger partial charge on any atom is -0.369 e. The van der Waals surface area contributed by atoms with Crippen molar-refractivity contribution in [3.63, 3.8) is 0 Å². The molecule has 2 aromatic heterocycles. The van der Waals surface area contributed by atoms with Gasteiger partial charge in [0.25, 0.3) is 5.56 Å². The van der Waals surface area contributed by atoms with E-state index in [1.54, 1.807) is 30.5 Å². The van der Waals surface area contributed by atoms with Crippen molar-refractivity contribution in [1.29, 1.82) is 0 Å². The zero-order valence-electron chi connectivity index (χ0n) is 18.3. The zero-order chi connectivity index (χ0) is 24.0. The minimum absolute atomic E-state index is 0.143. The van der Waals surface area contributed by atoms with Gasteiger partial charge >= 0.3 is 0 Å². The fraction of sp³-hybridized carbons (Fsp3) is 0.167. The number of nitrogens with zero attached hydrogens (tertiary/aromatic N) is 3. The van der Waals surface area contributed by atoms with Gasteiger partial charge < -0.3 is 11.5 Å². The molecule has 5 N–H and O–H groups in total. The molecule has 2 heterocycles. The molecule has 0 fully saturated rings. The molecule has 0 spiro atoms. The van der Waals surface area contributed by atoms with E-state index < -0.39 is 0 Å². The van der Waals surface area contributed by atoms with Crippen molar-refractivity contribution < 1.29 is 0 Å². The smallest absolute Gasteiger partial charge is 0.260 e. The Balaban J connectivity index is 0.000000186. The van der Waals surface area contributed by atoms with E-state index in [-0.39, 0.29) is 11.5 Å². The molecule has 0 saturated heterocycles. The van der Waals surface area contributed by atoms with Crippen molar-refractivity contribution in [2.45, 2.75) is 26.7 Å². The first-order chi connectivity index (χ1) is 15.8. The summed E-state index contributed by atoms with van der Waals surface area (Å²) in [7, 11) is 0. The normalized spacial score (nSPS) is 10.4. The van der Waals surface area contributed by atoms with Gasteiger partial charge in [0.1, 0.15) is 0 Å². The molecule has 0 bridgehead atoms. The van der Waals surface area contributed by atoms with Gasteiger partial charge in [-0.3, -0.25) is 9.78 Å². The van der Waals surface area contributed by atoms with E-state index >= 15 is 0 Å². The number of hydrogen-bond acceptors (Lipinski definition) is 6. The SMILES string of the molecule is CCc1nc(N)[nH]c(=O)c1-c1ccc(Cl)cc1.CCc1nc(N)ncc1-c1ccc(Cl)cc1. The van der Waals surface area contributed by atoms with Crippen LogP contribution >= 0.6 is 23.2 Å². The highest BCUT2D eigenvalue weighted by Gasteiger charge is 2.11. The van der Waals surface area contributed by atoms with Gasteiger partial charge in [0, 0.05) is 21.8 Å². The Morgan fingerprint density at radius 1 is 0.818 bits per heavy atom. The molecule has 170 valence electrons. The second kappa shape index (κ2) is 10.9. The summed E-state index contributed by atoms with van der Waals surface area (Å²) in [5, 5.41) is 1.35. The van der Waals surface area contributed by atoms with E-state index in [2.05, 4.69) is 19.9 Å². The number of nitrogen functional groups attached to an aromatic ring is 2. The Hall–Kier alpha value is -3.42. The number of rotatable bonds is 4. The van der Waals surface area contributed by atoms with Crippen LogP contribution in [-0.2, 0) is 12.8 Å². The lowest BCUT2D eigenvalue weighted by Crippen LogP contribution is -2.16. The molecule has 0 unspecified atom stereocenters. The summed E-state index contributed by atoms with van der Waals surface area (Å²) in [6.45, 7) is 3.97. The van der Waals surface area contributed by atoms with E-state index in [1.807, 2.05) is 38.1 Å². The Bertz CT molecular complexity index is 1290. The summed E-state index contributed by atoms with van der Waals surface area (Å²) < 4.78 is 0. The van der Waals surface area contributed by atoms with E-state index in [4.69, 9.17) is 34.7 Å². The van der Waals surface area contributed by atoms with Crippen LogP contribution in [0.1, 0.15) is 25.2 Å².